The minimum absolute atomic E-state index is 0.0744. The number of rotatable bonds is 5. The second-order valence-corrected chi connectivity index (χ2v) is 9.77. The minimum atomic E-state index is -0.534. The van der Waals surface area contributed by atoms with Crippen molar-refractivity contribution < 1.29 is 9.59 Å². The highest BCUT2D eigenvalue weighted by atomic mass is 32.1. The molecule has 0 radical (unpaired) electrons. The topological polar surface area (TPSA) is 40.6 Å². The zero-order valence-corrected chi connectivity index (χ0v) is 18.7. The largest absolute Gasteiger partial charge is 0.348 e. The summed E-state index contributed by atoms with van der Waals surface area (Å²) in [6.45, 7) is 1.20. The van der Waals surface area contributed by atoms with Gasteiger partial charge in [0.15, 0.2) is 0 Å². The van der Waals surface area contributed by atoms with Gasteiger partial charge in [0.05, 0.1) is 5.41 Å². The molecule has 1 aromatic heterocycles. The normalized spacial score (nSPS) is 23.5. The first-order valence-electron chi connectivity index (χ1n) is 10.8. The number of hydrogen-bond acceptors (Lipinski definition) is 3. The standard InChI is InChI=1S/C25H30N2O2S/c1-26(2)24(29)25(14-15-27(18-25)23(28)21-7-4-3-5-8-21)17-19-10-12-20(13-11-19)22-9-6-16-30-22/h3-4,6,9-13,16,21H,5,7-8,14-15,17-18H2,1-2H3/t21-,25-/m0/s1. The number of carbonyl (C=O) groups excluding carboxylic acids is 2. The van der Waals surface area contributed by atoms with Gasteiger partial charge < -0.3 is 9.80 Å². The van der Waals surface area contributed by atoms with E-state index in [1.54, 1.807) is 16.2 Å². The summed E-state index contributed by atoms with van der Waals surface area (Å²) in [4.78, 5) is 31.2. The van der Waals surface area contributed by atoms with Crippen molar-refractivity contribution in [3.63, 3.8) is 0 Å². The van der Waals surface area contributed by atoms with Gasteiger partial charge in [0.25, 0.3) is 0 Å². The maximum Gasteiger partial charge on any atom is 0.230 e. The van der Waals surface area contributed by atoms with E-state index in [0.717, 1.165) is 31.2 Å². The van der Waals surface area contributed by atoms with Crippen molar-refractivity contribution in [2.24, 2.45) is 11.3 Å². The van der Waals surface area contributed by atoms with Gasteiger partial charge in [0, 0.05) is 38.0 Å². The van der Waals surface area contributed by atoms with E-state index < -0.39 is 5.41 Å². The first-order valence-corrected chi connectivity index (χ1v) is 11.6. The monoisotopic (exact) mass is 422 g/mol. The van der Waals surface area contributed by atoms with Gasteiger partial charge in [-0.05, 0) is 54.7 Å². The van der Waals surface area contributed by atoms with E-state index in [2.05, 4.69) is 53.9 Å². The molecule has 0 N–H and O–H groups in total. The molecular formula is C25H30N2O2S. The predicted octanol–water partition coefficient (Wildman–Crippen LogP) is 4.62. The van der Waals surface area contributed by atoms with Crippen LogP contribution in [0.1, 0.15) is 31.2 Å². The van der Waals surface area contributed by atoms with Crippen molar-refractivity contribution in [1.29, 1.82) is 0 Å². The van der Waals surface area contributed by atoms with Crippen molar-refractivity contribution in [3.8, 4) is 10.4 Å². The molecular weight excluding hydrogens is 392 g/mol. The Balaban J connectivity index is 1.52. The average Bonchev–Trinajstić information content (AvgIpc) is 3.45. The van der Waals surface area contributed by atoms with Crippen molar-refractivity contribution in [2.75, 3.05) is 27.2 Å². The maximum atomic E-state index is 13.2. The summed E-state index contributed by atoms with van der Waals surface area (Å²) in [7, 11) is 3.64. The van der Waals surface area contributed by atoms with Crippen molar-refractivity contribution >= 4 is 23.2 Å². The Morgan fingerprint density at radius 2 is 1.97 bits per heavy atom. The highest BCUT2D eigenvalue weighted by molar-refractivity contribution is 7.13. The number of benzene rings is 1. The zero-order valence-electron chi connectivity index (χ0n) is 17.8. The van der Waals surface area contributed by atoms with Crippen molar-refractivity contribution in [3.05, 3.63) is 59.5 Å². The molecule has 30 heavy (non-hydrogen) atoms. The van der Waals surface area contributed by atoms with Crippen LogP contribution in [0.5, 0.6) is 0 Å². The lowest BCUT2D eigenvalue weighted by Gasteiger charge is -2.32. The third-order valence-electron chi connectivity index (χ3n) is 6.45. The van der Waals surface area contributed by atoms with E-state index >= 15 is 0 Å². The Kier molecular flexibility index (Phi) is 6.09. The van der Waals surface area contributed by atoms with Crippen LogP contribution < -0.4 is 0 Å². The maximum absolute atomic E-state index is 13.2. The molecule has 2 aromatic rings. The summed E-state index contributed by atoms with van der Waals surface area (Å²) >= 11 is 1.73. The molecule has 2 amide bonds. The van der Waals surface area contributed by atoms with Crippen LogP contribution in [0.2, 0.25) is 0 Å². The molecule has 0 bridgehead atoms. The van der Waals surface area contributed by atoms with Crippen LogP contribution in [0.3, 0.4) is 0 Å². The SMILES string of the molecule is CN(C)C(=O)[C@]1(Cc2ccc(-c3cccs3)cc2)CCN(C(=O)[C@H]2CC=CCC2)C1. The zero-order chi connectivity index (χ0) is 21.1. The molecule has 4 rings (SSSR count). The van der Waals surface area contributed by atoms with Gasteiger partial charge in [-0.3, -0.25) is 9.59 Å². The van der Waals surface area contributed by atoms with Crippen LogP contribution in [0.25, 0.3) is 10.4 Å². The molecule has 0 unspecified atom stereocenters. The highest BCUT2D eigenvalue weighted by Gasteiger charge is 2.47. The molecule has 2 aliphatic rings. The molecule has 1 fully saturated rings. The summed E-state index contributed by atoms with van der Waals surface area (Å²) in [5, 5.41) is 2.08. The minimum Gasteiger partial charge on any atom is -0.348 e. The summed E-state index contributed by atoms with van der Waals surface area (Å²) in [5.41, 5.74) is 1.82. The molecule has 0 spiro atoms. The smallest absolute Gasteiger partial charge is 0.230 e. The summed E-state index contributed by atoms with van der Waals surface area (Å²) < 4.78 is 0. The van der Waals surface area contributed by atoms with Gasteiger partial charge in [0.2, 0.25) is 11.8 Å². The van der Waals surface area contributed by atoms with E-state index in [1.807, 2.05) is 19.0 Å². The highest BCUT2D eigenvalue weighted by Crippen LogP contribution is 2.38. The molecule has 4 nitrogen and oxygen atoms in total. The Morgan fingerprint density at radius 1 is 1.17 bits per heavy atom. The number of amides is 2. The number of allylic oxidation sites excluding steroid dienone is 2. The van der Waals surface area contributed by atoms with E-state index in [-0.39, 0.29) is 17.7 Å². The lowest BCUT2D eigenvalue weighted by Crippen LogP contribution is -2.45. The fourth-order valence-corrected chi connectivity index (χ4v) is 5.56. The van der Waals surface area contributed by atoms with Crippen LogP contribution in [-0.4, -0.2) is 48.8 Å². The first kappa shape index (κ1) is 20.9. The van der Waals surface area contributed by atoms with E-state index in [4.69, 9.17) is 0 Å². The molecule has 5 heteroatoms. The van der Waals surface area contributed by atoms with Gasteiger partial charge in [-0.1, -0.05) is 42.5 Å². The summed E-state index contributed by atoms with van der Waals surface area (Å²) in [6.07, 6.45) is 8.40. The van der Waals surface area contributed by atoms with E-state index in [0.29, 0.717) is 19.5 Å². The van der Waals surface area contributed by atoms with Gasteiger partial charge in [-0.15, -0.1) is 11.3 Å². The lowest BCUT2D eigenvalue weighted by molar-refractivity contribution is -0.140. The van der Waals surface area contributed by atoms with E-state index in [9.17, 15) is 9.59 Å². The second kappa shape index (κ2) is 8.76. The molecule has 1 aliphatic heterocycles. The third kappa shape index (κ3) is 4.22. The number of likely N-dealkylation sites (tertiary alicyclic amines) is 1. The Hall–Kier alpha value is -2.40. The molecule has 1 saturated heterocycles. The summed E-state index contributed by atoms with van der Waals surface area (Å²) in [5.74, 6) is 0.426. The van der Waals surface area contributed by atoms with Crippen LogP contribution in [-0.2, 0) is 16.0 Å². The van der Waals surface area contributed by atoms with Crippen LogP contribution in [0, 0.1) is 11.3 Å². The Morgan fingerprint density at radius 3 is 2.60 bits per heavy atom. The fraction of sp³-hybridized carbons (Fsp3) is 0.440. The summed E-state index contributed by atoms with van der Waals surface area (Å²) in [6, 6.07) is 12.7. The molecule has 2 atom stereocenters. The molecule has 0 saturated carbocycles. The van der Waals surface area contributed by atoms with Gasteiger partial charge in [-0.25, -0.2) is 0 Å². The second-order valence-electron chi connectivity index (χ2n) is 8.82. The Bertz CT molecular complexity index is 917. The fourth-order valence-electron chi connectivity index (χ4n) is 4.83. The predicted molar refractivity (Wildman–Crippen MR) is 122 cm³/mol. The van der Waals surface area contributed by atoms with Crippen LogP contribution >= 0.6 is 11.3 Å². The van der Waals surface area contributed by atoms with E-state index in [1.165, 1.54) is 10.4 Å². The number of thiophene rings is 1. The average molecular weight is 423 g/mol. The van der Waals surface area contributed by atoms with Crippen LogP contribution in [0.15, 0.2) is 53.9 Å². The van der Waals surface area contributed by atoms with Crippen molar-refractivity contribution in [2.45, 2.75) is 32.1 Å². The number of nitrogens with zero attached hydrogens (tertiary/aromatic N) is 2. The Labute approximate surface area is 183 Å². The lowest BCUT2D eigenvalue weighted by atomic mass is 9.79. The molecule has 2 heterocycles. The van der Waals surface area contributed by atoms with Gasteiger partial charge >= 0.3 is 0 Å². The molecule has 1 aliphatic carbocycles. The first-order chi connectivity index (χ1) is 14.5. The quantitative estimate of drug-likeness (QED) is 0.660. The number of carbonyl (C=O) groups is 2. The molecule has 158 valence electrons. The van der Waals surface area contributed by atoms with Gasteiger partial charge in [0.1, 0.15) is 0 Å². The molecule has 1 aromatic carbocycles. The van der Waals surface area contributed by atoms with Gasteiger partial charge in [-0.2, -0.15) is 0 Å². The van der Waals surface area contributed by atoms with Crippen LogP contribution in [0.4, 0.5) is 0 Å². The van der Waals surface area contributed by atoms with Crippen molar-refractivity contribution in [1.82, 2.24) is 9.80 Å². The number of hydrogen-bond donors (Lipinski definition) is 0. The third-order valence-corrected chi connectivity index (χ3v) is 7.36.